The van der Waals surface area contributed by atoms with Crippen molar-refractivity contribution < 1.29 is 9.90 Å². The standard InChI is InChI=1S/C11H20N2O2/c1-8-5-12-6-9(8)10(14)13-7-11(15)3-2-4-11/h8-9,12,15H,2-7H2,1H3,(H,13,14)/t8-,9-/m1/s1. The number of carbonyl (C=O) groups excluding carboxylic acids is 1. The van der Waals surface area contributed by atoms with Gasteiger partial charge in [-0.05, 0) is 31.7 Å². The molecule has 15 heavy (non-hydrogen) atoms. The van der Waals surface area contributed by atoms with E-state index < -0.39 is 5.60 Å². The molecule has 0 spiro atoms. The van der Waals surface area contributed by atoms with E-state index in [9.17, 15) is 9.90 Å². The number of hydrogen-bond donors (Lipinski definition) is 3. The lowest BCUT2D eigenvalue weighted by Crippen LogP contribution is -2.49. The van der Waals surface area contributed by atoms with E-state index in [0.29, 0.717) is 12.5 Å². The lowest BCUT2D eigenvalue weighted by atomic mass is 9.80. The number of nitrogens with one attached hydrogen (secondary N) is 2. The molecule has 0 aromatic rings. The summed E-state index contributed by atoms with van der Waals surface area (Å²) < 4.78 is 0. The van der Waals surface area contributed by atoms with Gasteiger partial charge in [0.15, 0.2) is 0 Å². The molecule has 3 N–H and O–H groups in total. The molecule has 1 aliphatic heterocycles. The molecule has 1 aliphatic carbocycles. The zero-order valence-corrected chi connectivity index (χ0v) is 9.25. The van der Waals surface area contributed by atoms with Gasteiger partial charge in [0.1, 0.15) is 0 Å². The smallest absolute Gasteiger partial charge is 0.224 e. The third-order valence-electron chi connectivity index (χ3n) is 3.73. The molecule has 2 aliphatic rings. The molecule has 0 radical (unpaired) electrons. The summed E-state index contributed by atoms with van der Waals surface area (Å²) in [5.74, 6) is 0.572. The van der Waals surface area contributed by atoms with E-state index in [1.807, 2.05) is 0 Å². The Morgan fingerprint density at radius 1 is 1.53 bits per heavy atom. The summed E-state index contributed by atoms with van der Waals surface area (Å²) in [4.78, 5) is 11.8. The topological polar surface area (TPSA) is 61.4 Å². The summed E-state index contributed by atoms with van der Waals surface area (Å²) >= 11 is 0. The molecule has 1 heterocycles. The van der Waals surface area contributed by atoms with Crippen LogP contribution in [0, 0.1) is 11.8 Å². The van der Waals surface area contributed by atoms with Crippen molar-refractivity contribution >= 4 is 5.91 Å². The van der Waals surface area contributed by atoms with Crippen molar-refractivity contribution in [3.63, 3.8) is 0 Å². The van der Waals surface area contributed by atoms with Crippen LogP contribution in [0.1, 0.15) is 26.2 Å². The minimum absolute atomic E-state index is 0.0775. The molecule has 1 saturated carbocycles. The van der Waals surface area contributed by atoms with Gasteiger partial charge in [0.05, 0.1) is 11.5 Å². The summed E-state index contributed by atoms with van der Waals surface area (Å²) in [6.45, 7) is 4.20. The zero-order valence-electron chi connectivity index (χ0n) is 9.25. The monoisotopic (exact) mass is 212 g/mol. The molecular formula is C11H20N2O2. The fourth-order valence-electron chi connectivity index (χ4n) is 2.31. The van der Waals surface area contributed by atoms with E-state index in [4.69, 9.17) is 0 Å². The first-order chi connectivity index (χ1) is 7.11. The van der Waals surface area contributed by atoms with Crippen molar-refractivity contribution in [1.82, 2.24) is 10.6 Å². The van der Waals surface area contributed by atoms with Gasteiger partial charge in [-0.3, -0.25) is 4.79 Å². The van der Waals surface area contributed by atoms with Crippen LogP contribution in [0.25, 0.3) is 0 Å². The van der Waals surface area contributed by atoms with Crippen molar-refractivity contribution in [3.05, 3.63) is 0 Å². The predicted octanol–water partition coefficient (Wildman–Crippen LogP) is -0.127. The summed E-state index contributed by atoms with van der Waals surface area (Å²) in [6.07, 6.45) is 2.73. The van der Waals surface area contributed by atoms with Crippen LogP contribution in [0.5, 0.6) is 0 Å². The average Bonchev–Trinajstić information content (AvgIpc) is 2.58. The van der Waals surface area contributed by atoms with E-state index in [1.54, 1.807) is 0 Å². The largest absolute Gasteiger partial charge is 0.388 e. The molecular weight excluding hydrogens is 192 g/mol. The third kappa shape index (κ3) is 2.32. The maximum atomic E-state index is 11.8. The molecule has 1 amide bonds. The molecule has 86 valence electrons. The minimum Gasteiger partial charge on any atom is -0.388 e. The van der Waals surface area contributed by atoms with Gasteiger partial charge in [-0.1, -0.05) is 6.92 Å². The number of rotatable bonds is 3. The summed E-state index contributed by atoms with van der Waals surface area (Å²) in [7, 11) is 0. The van der Waals surface area contributed by atoms with Crippen LogP contribution in [0.15, 0.2) is 0 Å². The Labute approximate surface area is 90.4 Å². The Kier molecular flexibility index (Phi) is 2.98. The van der Waals surface area contributed by atoms with Gasteiger partial charge < -0.3 is 15.7 Å². The lowest BCUT2D eigenvalue weighted by molar-refractivity contribution is -0.127. The highest BCUT2D eigenvalue weighted by atomic mass is 16.3. The molecule has 1 saturated heterocycles. The van der Waals surface area contributed by atoms with E-state index in [0.717, 1.165) is 32.4 Å². The van der Waals surface area contributed by atoms with Gasteiger partial charge >= 0.3 is 0 Å². The Balaban J connectivity index is 1.76. The first kappa shape index (κ1) is 10.9. The summed E-state index contributed by atoms with van der Waals surface area (Å²) in [5.41, 5.74) is -0.606. The van der Waals surface area contributed by atoms with Crippen molar-refractivity contribution in [3.8, 4) is 0 Å². The molecule has 4 heteroatoms. The Bertz CT molecular complexity index is 251. The highest BCUT2D eigenvalue weighted by Gasteiger charge is 2.36. The normalized spacial score (nSPS) is 33.5. The zero-order chi connectivity index (χ0) is 10.9. The quantitative estimate of drug-likeness (QED) is 0.611. The van der Waals surface area contributed by atoms with Gasteiger partial charge in [-0.2, -0.15) is 0 Å². The number of amides is 1. The van der Waals surface area contributed by atoms with Crippen LogP contribution >= 0.6 is 0 Å². The van der Waals surface area contributed by atoms with Crippen molar-refractivity contribution in [2.45, 2.75) is 31.8 Å². The summed E-state index contributed by atoms with van der Waals surface area (Å²) in [6, 6.07) is 0. The van der Waals surface area contributed by atoms with Gasteiger partial charge in [0, 0.05) is 13.1 Å². The molecule has 0 bridgehead atoms. The third-order valence-corrected chi connectivity index (χ3v) is 3.73. The number of aliphatic hydroxyl groups is 1. The number of carbonyl (C=O) groups is 1. The Morgan fingerprint density at radius 2 is 2.27 bits per heavy atom. The molecule has 0 unspecified atom stereocenters. The molecule has 4 nitrogen and oxygen atoms in total. The number of hydrogen-bond acceptors (Lipinski definition) is 3. The minimum atomic E-state index is -0.606. The maximum absolute atomic E-state index is 11.8. The van der Waals surface area contributed by atoms with E-state index in [2.05, 4.69) is 17.6 Å². The molecule has 2 atom stereocenters. The van der Waals surface area contributed by atoms with E-state index >= 15 is 0 Å². The van der Waals surface area contributed by atoms with Gasteiger partial charge in [0.25, 0.3) is 0 Å². The van der Waals surface area contributed by atoms with Crippen LogP contribution in [0.3, 0.4) is 0 Å². The van der Waals surface area contributed by atoms with Gasteiger partial charge in [-0.15, -0.1) is 0 Å². The predicted molar refractivity (Wildman–Crippen MR) is 57.3 cm³/mol. The summed E-state index contributed by atoms with van der Waals surface area (Å²) in [5, 5.41) is 15.9. The highest BCUT2D eigenvalue weighted by Crippen LogP contribution is 2.30. The van der Waals surface area contributed by atoms with Crippen molar-refractivity contribution in [2.75, 3.05) is 19.6 Å². The fourth-order valence-corrected chi connectivity index (χ4v) is 2.31. The second-order valence-corrected chi connectivity index (χ2v) is 5.04. The van der Waals surface area contributed by atoms with Gasteiger partial charge in [0.2, 0.25) is 5.91 Å². The van der Waals surface area contributed by atoms with E-state index in [1.165, 1.54) is 0 Å². The second-order valence-electron chi connectivity index (χ2n) is 5.04. The van der Waals surface area contributed by atoms with Crippen molar-refractivity contribution in [2.24, 2.45) is 11.8 Å². The highest BCUT2D eigenvalue weighted by molar-refractivity contribution is 5.79. The fraction of sp³-hybridized carbons (Fsp3) is 0.909. The first-order valence-corrected chi connectivity index (χ1v) is 5.81. The Morgan fingerprint density at radius 3 is 2.73 bits per heavy atom. The lowest BCUT2D eigenvalue weighted by Gasteiger charge is -2.36. The van der Waals surface area contributed by atoms with Crippen LogP contribution < -0.4 is 10.6 Å². The maximum Gasteiger partial charge on any atom is 0.224 e. The Hall–Kier alpha value is -0.610. The SMILES string of the molecule is C[C@@H]1CNC[C@H]1C(=O)NCC1(O)CCC1. The first-order valence-electron chi connectivity index (χ1n) is 5.81. The van der Waals surface area contributed by atoms with Crippen LogP contribution in [0.2, 0.25) is 0 Å². The van der Waals surface area contributed by atoms with Crippen LogP contribution in [0.4, 0.5) is 0 Å². The van der Waals surface area contributed by atoms with Crippen LogP contribution in [-0.4, -0.2) is 36.2 Å². The molecule has 2 rings (SSSR count). The average molecular weight is 212 g/mol. The van der Waals surface area contributed by atoms with E-state index in [-0.39, 0.29) is 11.8 Å². The molecule has 2 fully saturated rings. The molecule has 0 aromatic carbocycles. The second kappa shape index (κ2) is 4.10. The van der Waals surface area contributed by atoms with Gasteiger partial charge in [-0.25, -0.2) is 0 Å². The van der Waals surface area contributed by atoms with Crippen molar-refractivity contribution in [1.29, 1.82) is 0 Å². The van der Waals surface area contributed by atoms with Crippen LogP contribution in [-0.2, 0) is 4.79 Å². The molecule has 0 aromatic heterocycles.